The van der Waals surface area contributed by atoms with Crippen molar-refractivity contribution in [2.45, 2.75) is 59.0 Å². The molecule has 0 amide bonds. The van der Waals surface area contributed by atoms with E-state index in [2.05, 4.69) is 13.8 Å². The lowest BCUT2D eigenvalue weighted by molar-refractivity contribution is -0.145. The van der Waals surface area contributed by atoms with Gasteiger partial charge in [-0.1, -0.05) is 32.4 Å². The van der Waals surface area contributed by atoms with Crippen LogP contribution in [0.25, 0.3) is 0 Å². The minimum absolute atomic E-state index is 0.0306. The Morgan fingerprint density at radius 1 is 1.21 bits per heavy atom. The number of allylic oxidation sites excluding steroid dienone is 3. The van der Waals surface area contributed by atoms with Crippen molar-refractivity contribution in [3.8, 4) is 0 Å². The van der Waals surface area contributed by atoms with Gasteiger partial charge in [0.15, 0.2) is 5.78 Å². The first-order valence-electron chi connectivity index (χ1n) is 10.6. The van der Waals surface area contributed by atoms with Gasteiger partial charge in [0.05, 0.1) is 5.92 Å². The van der Waals surface area contributed by atoms with Gasteiger partial charge < -0.3 is 9.84 Å². The normalized spacial score (nSPS) is 49.2. The van der Waals surface area contributed by atoms with Crippen LogP contribution >= 0.6 is 0 Å². The van der Waals surface area contributed by atoms with Crippen LogP contribution in [0.4, 0.5) is 0 Å². The second kappa shape index (κ2) is 5.58. The first kappa shape index (κ1) is 18.1. The van der Waals surface area contributed by atoms with E-state index in [1.54, 1.807) is 12.2 Å². The van der Waals surface area contributed by atoms with Gasteiger partial charge in [-0.15, -0.1) is 0 Å². The molecule has 0 radical (unpaired) electrons. The first-order chi connectivity index (χ1) is 13.2. The van der Waals surface area contributed by atoms with Crippen molar-refractivity contribution in [3.05, 3.63) is 23.3 Å². The number of fused-ring (bicyclic) bond motifs is 7. The maximum atomic E-state index is 12.3. The van der Waals surface area contributed by atoms with E-state index < -0.39 is 5.97 Å². The van der Waals surface area contributed by atoms with Gasteiger partial charge in [0.1, 0.15) is 11.7 Å². The van der Waals surface area contributed by atoms with Gasteiger partial charge in [-0.05, 0) is 61.3 Å². The summed E-state index contributed by atoms with van der Waals surface area (Å²) in [6, 6.07) is 0. The highest BCUT2D eigenvalue weighted by atomic mass is 16.6. The van der Waals surface area contributed by atoms with Crippen molar-refractivity contribution in [2.75, 3.05) is 0 Å². The Kier molecular flexibility index (Phi) is 3.61. The maximum Gasteiger partial charge on any atom is 0.339 e. The van der Waals surface area contributed by atoms with Gasteiger partial charge in [0.25, 0.3) is 0 Å². The van der Waals surface area contributed by atoms with Crippen molar-refractivity contribution in [3.63, 3.8) is 0 Å². The van der Waals surface area contributed by atoms with E-state index in [-0.39, 0.29) is 40.2 Å². The lowest BCUT2D eigenvalue weighted by Crippen LogP contribution is -2.50. The van der Waals surface area contributed by atoms with E-state index >= 15 is 0 Å². The lowest BCUT2D eigenvalue weighted by Gasteiger charge is -2.57. The van der Waals surface area contributed by atoms with Gasteiger partial charge in [-0.2, -0.15) is 0 Å². The molecule has 5 aliphatic rings. The number of aliphatic carboxylic acids is 1. The zero-order valence-corrected chi connectivity index (χ0v) is 16.7. The average Bonchev–Trinajstić information content (AvgIpc) is 3.08. The summed E-state index contributed by atoms with van der Waals surface area (Å²) < 4.78 is 5.74. The molecule has 5 nitrogen and oxygen atoms in total. The molecule has 3 saturated carbocycles. The number of esters is 1. The molecule has 5 heteroatoms. The largest absolute Gasteiger partial charge is 0.478 e. The van der Waals surface area contributed by atoms with Crippen LogP contribution in [-0.2, 0) is 19.1 Å². The highest BCUT2D eigenvalue weighted by molar-refractivity contribution is 6.22. The SMILES string of the molecule is C[C@@H]1C(=O)O[C@H]2C[C@H]3[C@@H]4CCC5=CC(=O)C(C(=O)O)=C[C@]5(C)[C@H]4CC[C@]3(C)[C@H]21. The first-order valence-corrected chi connectivity index (χ1v) is 10.6. The quantitative estimate of drug-likeness (QED) is 0.552. The van der Waals surface area contributed by atoms with Crippen molar-refractivity contribution < 1.29 is 24.2 Å². The van der Waals surface area contributed by atoms with Gasteiger partial charge >= 0.3 is 11.9 Å². The molecule has 8 atom stereocenters. The fourth-order valence-corrected chi connectivity index (χ4v) is 7.91. The fourth-order valence-electron chi connectivity index (χ4n) is 7.91. The predicted molar refractivity (Wildman–Crippen MR) is 101 cm³/mol. The standard InChI is InChI=1S/C23H28O5/c1-11-19-18(28-21(11)27)9-16-13-5-4-12-8-17(24)14(20(25)26)10-23(12,3)15(13)6-7-22(16,19)2/h8,10-11,13,15-16,18-19H,4-7,9H2,1-3H3,(H,25,26)/t11-,13+,15-,16-,18-,19-,22-,23-/m0/s1. The number of ketones is 1. The molecule has 1 N–H and O–H groups in total. The number of rotatable bonds is 1. The second-order valence-electron chi connectivity index (χ2n) is 10.2. The number of hydrogen-bond donors (Lipinski definition) is 1. The van der Waals surface area contributed by atoms with Crippen molar-refractivity contribution in [2.24, 2.45) is 40.4 Å². The molecule has 28 heavy (non-hydrogen) atoms. The number of ether oxygens (including phenoxy) is 1. The third-order valence-corrected chi connectivity index (χ3v) is 9.16. The van der Waals surface area contributed by atoms with E-state index in [9.17, 15) is 19.5 Å². The summed E-state index contributed by atoms with van der Waals surface area (Å²) in [5, 5.41) is 9.50. The smallest absolute Gasteiger partial charge is 0.339 e. The Morgan fingerprint density at radius 3 is 2.68 bits per heavy atom. The molecule has 0 spiro atoms. The number of carbonyl (C=O) groups is 3. The summed E-state index contributed by atoms with van der Waals surface area (Å²) in [4.78, 5) is 36.0. The Labute approximate surface area is 165 Å². The Hall–Kier alpha value is -1.91. The summed E-state index contributed by atoms with van der Waals surface area (Å²) >= 11 is 0. The van der Waals surface area contributed by atoms with E-state index in [1.165, 1.54) is 0 Å². The second-order valence-corrected chi connectivity index (χ2v) is 10.2. The van der Waals surface area contributed by atoms with Crippen LogP contribution in [0.3, 0.4) is 0 Å². The molecule has 0 aromatic rings. The summed E-state index contributed by atoms with van der Waals surface area (Å²) in [5.41, 5.74) is 0.779. The molecule has 0 bridgehead atoms. The van der Waals surface area contributed by atoms with Crippen LogP contribution in [-0.4, -0.2) is 28.9 Å². The van der Waals surface area contributed by atoms with Crippen LogP contribution in [0.5, 0.6) is 0 Å². The zero-order chi connectivity index (χ0) is 20.0. The van der Waals surface area contributed by atoms with Gasteiger partial charge in [-0.25, -0.2) is 4.79 Å². The summed E-state index contributed by atoms with van der Waals surface area (Å²) in [6.45, 7) is 6.50. The van der Waals surface area contributed by atoms with E-state index in [0.29, 0.717) is 23.7 Å². The summed E-state index contributed by atoms with van der Waals surface area (Å²) in [7, 11) is 0. The van der Waals surface area contributed by atoms with Crippen LogP contribution < -0.4 is 0 Å². The molecule has 4 fully saturated rings. The van der Waals surface area contributed by atoms with Crippen molar-refractivity contribution in [1.82, 2.24) is 0 Å². The molecule has 1 saturated heterocycles. The molecule has 0 aromatic carbocycles. The third kappa shape index (κ3) is 2.11. The molecule has 1 heterocycles. The lowest BCUT2D eigenvalue weighted by atomic mass is 9.47. The monoisotopic (exact) mass is 384 g/mol. The molecule has 1 aliphatic heterocycles. The predicted octanol–water partition coefficient (Wildman–Crippen LogP) is 3.54. The molecule has 4 aliphatic carbocycles. The Morgan fingerprint density at radius 2 is 1.96 bits per heavy atom. The van der Waals surface area contributed by atoms with Gasteiger partial charge in [-0.3, -0.25) is 9.59 Å². The molecule has 0 aromatic heterocycles. The minimum atomic E-state index is -1.12. The van der Waals surface area contributed by atoms with E-state index in [1.807, 2.05) is 6.92 Å². The van der Waals surface area contributed by atoms with Crippen LogP contribution in [0.2, 0.25) is 0 Å². The van der Waals surface area contributed by atoms with Crippen LogP contribution in [0, 0.1) is 40.4 Å². The topological polar surface area (TPSA) is 80.7 Å². The van der Waals surface area contributed by atoms with Gasteiger partial charge in [0, 0.05) is 11.3 Å². The minimum Gasteiger partial charge on any atom is -0.478 e. The molecule has 150 valence electrons. The van der Waals surface area contributed by atoms with Crippen molar-refractivity contribution >= 4 is 17.7 Å². The number of carboxylic acid groups (broad SMARTS) is 1. The number of carbonyl (C=O) groups excluding carboxylic acids is 2. The Balaban J connectivity index is 1.52. The molecular weight excluding hydrogens is 356 g/mol. The Bertz CT molecular complexity index is 853. The maximum absolute atomic E-state index is 12.3. The fraction of sp³-hybridized carbons (Fsp3) is 0.696. The summed E-state index contributed by atoms with van der Waals surface area (Å²) in [5.74, 6) is 0.0584. The molecule has 0 unspecified atom stereocenters. The van der Waals surface area contributed by atoms with Crippen LogP contribution in [0.15, 0.2) is 23.3 Å². The molecular formula is C23H28O5. The van der Waals surface area contributed by atoms with E-state index in [0.717, 1.165) is 37.7 Å². The zero-order valence-electron chi connectivity index (χ0n) is 16.7. The highest BCUT2D eigenvalue weighted by Gasteiger charge is 2.65. The van der Waals surface area contributed by atoms with E-state index in [4.69, 9.17) is 4.74 Å². The third-order valence-electron chi connectivity index (χ3n) is 9.16. The van der Waals surface area contributed by atoms with Crippen molar-refractivity contribution in [1.29, 1.82) is 0 Å². The average molecular weight is 384 g/mol. The number of carboxylic acids is 1. The highest BCUT2D eigenvalue weighted by Crippen LogP contribution is 2.68. The molecule has 5 rings (SSSR count). The van der Waals surface area contributed by atoms with Gasteiger partial charge in [0.2, 0.25) is 0 Å². The summed E-state index contributed by atoms with van der Waals surface area (Å²) in [6.07, 6.45) is 8.26. The van der Waals surface area contributed by atoms with Crippen LogP contribution in [0.1, 0.15) is 52.9 Å². The number of hydrogen-bond acceptors (Lipinski definition) is 4.